The van der Waals surface area contributed by atoms with Gasteiger partial charge in [-0.05, 0) is 12.1 Å². The second-order valence-corrected chi connectivity index (χ2v) is 3.79. The summed E-state index contributed by atoms with van der Waals surface area (Å²) in [6, 6.07) is 5.39. The van der Waals surface area contributed by atoms with Gasteiger partial charge in [-0.2, -0.15) is 0 Å². The summed E-state index contributed by atoms with van der Waals surface area (Å²) >= 11 is 0. The van der Waals surface area contributed by atoms with Crippen LogP contribution >= 0.6 is 0 Å². The van der Waals surface area contributed by atoms with E-state index in [0.717, 1.165) is 0 Å². The minimum Gasteiger partial charge on any atom is -0.457 e. The Balaban J connectivity index is 2.28. The van der Waals surface area contributed by atoms with Crippen molar-refractivity contribution in [2.75, 3.05) is 6.61 Å². The quantitative estimate of drug-likeness (QED) is 0.362. The van der Waals surface area contributed by atoms with E-state index in [2.05, 4.69) is 4.74 Å². The van der Waals surface area contributed by atoms with Crippen LogP contribution in [-0.4, -0.2) is 23.3 Å². The van der Waals surface area contributed by atoms with E-state index in [1.165, 1.54) is 31.2 Å². The highest BCUT2D eigenvalue weighted by Crippen LogP contribution is 2.24. The third-order valence-electron chi connectivity index (χ3n) is 2.39. The van der Waals surface area contributed by atoms with Gasteiger partial charge < -0.3 is 9.15 Å². The summed E-state index contributed by atoms with van der Waals surface area (Å²) < 4.78 is 9.79. The molecule has 2 rings (SSSR count). The number of Topliss-reactive ketones (excluding diaryl/α,β-unsaturated/α-hetero) is 1. The molecule has 1 aromatic carbocycles. The predicted octanol–water partition coefficient (Wildman–Crippen LogP) is 2.09. The highest BCUT2D eigenvalue weighted by molar-refractivity contribution is 5.99. The van der Waals surface area contributed by atoms with Crippen molar-refractivity contribution in [2.45, 2.75) is 6.92 Å². The first-order valence-electron chi connectivity index (χ1n) is 5.32. The number of furan rings is 1. The average Bonchev–Trinajstić information content (AvgIpc) is 2.78. The lowest BCUT2D eigenvalue weighted by molar-refractivity contribution is -0.384. The highest BCUT2D eigenvalue weighted by Gasteiger charge is 2.15. The number of ether oxygens (including phenoxy) is 1. The molecule has 1 heterocycles. The van der Waals surface area contributed by atoms with E-state index in [1.807, 2.05) is 0 Å². The van der Waals surface area contributed by atoms with Gasteiger partial charge in [0.15, 0.2) is 12.4 Å². The van der Waals surface area contributed by atoms with Gasteiger partial charge in [0.05, 0.1) is 4.92 Å². The Morgan fingerprint density at radius 3 is 2.74 bits per heavy atom. The predicted molar refractivity (Wildman–Crippen MR) is 63.8 cm³/mol. The molecule has 0 unspecified atom stereocenters. The van der Waals surface area contributed by atoms with Gasteiger partial charge in [0.25, 0.3) is 5.69 Å². The van der Waals surface area contributed by atoms with Gasteiger partial charge in [0, 0.05) is 24.4 Å². The summed E-state index contributed by atoms with van der Waals surface area (Å²) in [7, 11) is 0. The molecule has 2 aromatic rings. The van der Waals surface area contributed by atoms with Crippen LogP contribution in [0.5, 0.6) is 0 Å². The van der Waals surface area contributed by atoms with Gasteiger partial charge in [0.1, 0.15) is 5.58 Å². The normalized spacial score (nSPS) is 10.4. The maximum absolute atomic E-state index is 11.6. The Morgan fingerprint density at radius 1 is 1.37 bits per heavy atom. The Morgan fingerprint density at radius 2 is 2.11 bits per heavy atom. The Hall–Kier alpha value is -2.70. The van der Waals surface area contributed by atoms with Gasteiger partial charge in [-0.1, -0.05) is 0 Å². The van der Waals surface area contributed by atoms with E-state index in [4.69, 9.17) is 4.42 Å². The molecule has 0 amide bonds. The van der Waals surface area contributed by atoms with E-state index in [1.54, 1.807) is 0 Å². The maximum atomic E-state index is 11.6. The van der Waals surface area contributed by atoms with Crippen LogP contribution < -0.4 is 0 Å². The fourth-order valence-corrected chi connectivity index (χ4v) is 1.52. The summed E-state index contributed by atoms with van der Waals surface area (Å²) in [5.74, 6) is -1.08. The molecule has 0 bridgehead atoms. The molecule has 0 radical (unpaired) electrons. The number of nitrogens with zero attached hydrogens (tertiary/aromatic N) is 1. The molecule has 98 valence electrons. The number of fused-ring (bicyclic) bond motifs is 1. The molecule has 0 aliphatic rings. The summed E-state index contributed by atoms with van der Waals surface area (Å²) in [4.78, 5) is 32.3. The number of benzene rings is 1. The van der Waals surface area contributed by atoms with Crippen LogP contribution in [0, 0.1) is 10.1 Å². The lowest BCUT2D eigenvalue weighted by atomic mass is 10.2. The van der Waals surface area contributed by atoms with Crippen molar-refractivity contribution < 1.29 is 23.7 Å². The molecule has 0 saturated heterocycles. The number of carbonyl (C=O) groups excluding carboxylic acids is 2. The van der Waals surface area contributed by atoms with E-state index in [9.17, 15) is 19.7 Å². The second-order valence-electron chi connectivity index (χ2n) is 3.79. The lowest BCUT2D eigenvalue weighted by Crippen LogP contribution is -2.10. The molecule has 0 atom stereocenters. The van der Waals surface area contributed by atoms with Crippen molar-refractivity contribution in [1.82, 2.24) is 0 Å². The number of ketones is 1. The fourth-order valence-electron chi connectivity index (χ4n) is 1.52. The van der Waals surface area contributed by atoms with Gasteiger partial charge in [-0.25, -0.2) is 0 Å². The third-order valence-corrected chi connectivity index (χ3v) is 2.39. The first-order valence-corrected chi connectivity index (χ1v) is 5.32. The van der Waals surface area contributed by atoms with Crippen LogP contribution in [-0.2, 0) is 9.53 Å². The Bertz CT molecular complexity index is 672. The van der Waals surface area contributed by atoms with E-state index in [-0.39, 0.29) is 11.4 Å². The summed E-state index contributed by atoms with van der Waals surface area (Å²) in [6.07, 6.45) is 0. The van der Waals surface area contributed by atoms with Crippen molar-refractivity contribution in [3.05, 3.63) is 40.1 Å². The van der Waals surface area contributed by atoms with Crippen molar-refractivity contribution in [2.24, 2.45) is 0 Å². The highest BCUT2D eigenvalue weighted by atomic mass is 16.6. The molecule has 19 heavy (non-hydrogen) atoms. The molecule has 0 spiro atoms. The molecule has 0 saturated carbocycles. The standard InChI is InChI=1S/C12H9NO6/c1-7(14)18-6-10(15)12-5-8-4-9(13(16)17)2-3-11(8)19-12/h2-5H,6H2,1H3. The van der Waals surface area contributed by atoms with Crippen LogP contribution in [0.4, 0.5) is 5.69 Å². The maximum Gasteiger partial charge on any atom is 0.303 e. The summed E-state index contributed by atoms with van der Waals surface area (Å²) in [6.45, 7) is 0.770. The number of nitro benzene ring substituents is 1. The minimum atomic E-state index is -0.569. The zero-order valence-corrected chi connectivity index (χ0v) is 9.91. The Kier molecular flexibility index (Phi) is 3.28. The number of nitro groups is 1. The molecular formula is C12H9NO6. The number of hydrogen-bond donors (Lipinski definition) is 0. The first kappa shape index (κ1) is 12.7. The molecule has 7 nitrogen and oxygen atoms in total. The van der Waals surface area contributed by atoms with Crippen LogP contribution in [0.1, 0.15) is 17.5 Å². The minimum absolute atomic E-state index is 0.00301. The molecule has 0 fully saturated rings. The molecule has 7 heteroatoms. The van der Waals surface area contributed by atoms with Crippen molar-refractivity contribution in [3.63, 3.8) is 0 Å². The lowest BCUT2D eigenvalue weighted by Gasteiger charge is -1.97. The molecular weight excluding hydrogens is 254 g/mol. The zero-order chi connectivity index (χ0) is 14.0. The molecule has 0 aliphatic heterocycles. The number of non-ortho nitro benzene ring substituents is 1. The van der Waals surface area contributed by atoms with Gasteiger partial charge in [-0.3, -0.25) is 19.7 Å². The van der Waals surface area contributed by atoms with E-state index >= 15 is 0 Å². The average molecular weight is 263 g/mol. The second kappa shape index (κ2) is 4.89. The SMILES string of the molecule is CC(=O)OCC(=O)c1cc2cc([N+](=O)[O-])ccc2o1. The number of carbonyl (C=O) groups is 2. The number of hydrogen-bond acceptors (Lipinski definition) is 6. The van der Waals surface area contributed by atoms with Crippen molar-refractivity contribution >= 4 is 28.4 Å². The Labute approximate surface area is 106 Å². The largest absolute Gasteiger partial charge is 0.457 e. The van der Waals surface area contributed by atoms with E-state index in [0.29, 0.717) is 11.0 Å². The van der Waals surface area contributed by atoms with Crippen LogP contribution in [0.15, 0.2) is 28.7 Å². The van der Waals surface area contributed by atoms with Crippen molar-refractivity contribution in [3.8, 4) is 0 Å². The molecule has 1 aromatic heterocycles. The first-order chi connectivity index (χ1) is 8.97. The van der Waals surface area contributed by atoms with Gasteiger partial charge in [0.2, 0.25) is 5.78 Å². The fraction of sp³-hybridized carbons (Fsp3) is 0.167. The third kappa shape index (κ3) is 2.76. The van der Waals surface area contributed by atoms with E-state index < -0.39 is 23.3 Å². The van der Waals surface area contributed by atoms with Crippen LogP contribution in [0.25, 0.3) is 11.0 Å². The summed E-state index contributed by atoms with van der Waals surface area (Å²) in [5, 5.41) is 11.1. The topological polar surface area (TPSA) is 99.7 Å². The van der Waals surface area contributed by atoms with Crippen molar-refractivity contribution in [1.29, 1.82) is 0 Å². The monoisotopic (exact) mass is 263 g/mol. The van der Waals surface area contributed by atoms with Gasteiger partial charge >= 0.3 is 5.97 Å². The molecule has 0 aliphatic carbocycles. The number of rotatable bonds is 4. The summed E-state index contributed by atoms with van der Waals surface area (Å²) in [5.41, 5.74) is 0.268. The number of esters is 1. The van der Waals surface area contributed by atoms with Gasteiger partial charge in [-0.15, -0.1) is 0 Å². The molecule has 0 N–H and O–H groups in total. The zero-order valence-electron chi connectivity index (χ0n) is 9.91. The van der Waals surface area contributed by atoms with Crippen LogP contribution in [0.3, 0.4) is 0 Å². The van der Waals surface area contributed by atoms with Crippen LogP contribution in [0.2, 0.25) is 0 Å². The smallest absolute Gasteiger partial charge is 0.303 e.